The van der Waals surface area contributed by atoms with E-state index in [1.807, 2.05) is 12.1 Å². The second-order valence-electron chi connectivity index (χ2n) is 6.29. The van der Waals surface area contributed by atoms with E-state index in [2.05, 4.69) is 38.1 Å². The number of unbranched alkanes of at least 4 members (excludes halogenated alkanes) is 3. The summed E-state index contributed by atoms with van der Waals surface area (Å²) in [6.07, 6.45) is 7.41. The highest BCUT2D eigenvalue weighted by molar-refractivity contribution is 5.45. The molecule has 2 nitrogen and oxygen atoms in total. The van der Waals surface area contributed by atoms with Crippen molar-refractivity contribution in [1.29, 1.82) is 0 Å². The third kappa shape index (κ3) is 4.80. The molecule has 22 heavy (non-hydrogen) atoms. The molecule has 0 amide bonds. The van der Waals surface area contributed by atoms with Crippen LogP contribution >= 0.6 is 0 Å². The normalized spacial score (nSPS) is 10.8. The first kappa shape index (κ1) is 16.4. The molecule has 0 fully saturated rings. The van der Waals surface area contributed by atoms with Crippen molar-refractivity contribution in [2.45, 2.75) is 52.4 Å². The van der Waals surface area contributed by atoms with Gasteiger partial charge in [-0.05, 0) is 86.1 Å². The van der Waals surface area contributed by atoms with E-state index in [-0.39, 0.29) is 0 Å². The van der Waals surface area contributed by atoms with E-state index in [0.717, 1.165) is 24.2 Å². The molecule has 2 aromatic rings. The molecule has 4 N–H and O–H groups in total. The molecule has 0 aromatic heterocycles. The maximum atomic E-state index is 5.79. The van der Waals surface area contributed by atoms with Crippen molar-refractivity contribution in [3.05, 3.63) is 58.7 Å². The summed E-state index contributed by atoms with van der Waals surface area (Å²) in [5, 5.41) is 0. The van der Waals surface area contributed by atoms with Crippen LogP contribution in [0.1, 0.15) is 47.9 Å². The molecule has 0 heterocycles. The Kier molecular flexibility index (Phi) is 5.88. The number of benzene rings is 2. The number of aryl methyl sites for hydroxylation is 4. The quantitative estimate of drug-likeness (QED) is 0.569. The summed E-state index contributed by atoms with van der Waals surface area (Å²) >= 11 is 0. The SMILES string of the molecule is Cc1cc(N)ccc1CCCCCCc1ccc(N)cc1C. The van der Waals surface area contributed by atoms with Gasteiger partial charge in [0.1, 0.15) is 0 Å². The Morgan fingerprint density at radius 3 is 1.41 bits per heavy atom. The fourth-order valence-corrected chi connectivity index (χ4v) is 2.98. The Morgan fingerprint density at radius 1 is 0.636 bits per heavy atom. The van der Waals surface area contributed by atoms with Gasteiger partial charge in [-0.3, -0.25) is 0 Å². The maximum absolute atomic E-state index is 5.79. The minimum absolute atomic E-state index is 0.861. The van der Waals surface area contributed by atoms with Gasteiger partial charge in [0.2, 0.25) is 0 Å². The van der Waals surface area contributed by atoms with Gasteiger partial charge in [-0.15, -0.1) is 0 Å². The molecule has 2 heteroatoms. The van der Waals surface area contributed by atoms with Crippen molar-refractivity contribution in [2.75, 3.05) is 11.5 Å². The Bertz CT molecular complexity index is 562. The van der Waals surface area contributed by atoms with Gasteiger partial charge in [0, 0.05) is 11.4 Å². The lowest BCUT2D eigenvalue weighted by Crippen LogP contribution is -1.94. The van der Waals surface area contributed by atoms with Crippen LogP contribution < -0.4 is 11.5 Å². The number of rotatable bonds is 7. The molecule has 0 unspecified atom stereocenters. The zero-order valence-corrected chi connectivity index (χ0v) is 13.9. The second kappa shape index (κ2) is 7.88. The van der Waals surface area contributed by atoms with Crippen molar-refractivity contribution >= 4 is 11.4 Å². The lowest BCUT2D eigenvalue weighted by atomic mass is 9.99. The van der Waals surface area contributed by atoms with Gasteiger partial charge in [0.25, 0.3) is 0 Å². The van der Waals surface area contributed by atoms with E-state index >= 15 is 0 Å². The highest BCUT2D eigenvalue weighted by Crippen LogP contribution is 2.18. The van der Waals surface area contributed by atoms with Gasteiger partial charge < -0.3 is 11.5 Å². The third-order valence-corrected chi connectivity index (χ3v) is 4.38. The number of nitrogen functional groups attached to an aromatic ring is 2. The molecular formula is C20H28N2. The first-order valence-corrected chi connectivity index (χ1v) is 8.26. The minimum atomic E-state index is 0.861. The molecule has 0 saturated carbocycles. The summed E-state index contributed by atoms with van der Waals surface area (Å²) in [5.74, 6) is 0. The average molecular weight is 296 g/mol. The van der Waals surface area contributed by atoms with E-state index in [9.17, 15) is 0 Å². The lowest BCUT2D eigenvalue weighted by Gasteiger charge is -2.08. The number of nitrogens with two attached hydrogens (primary N) is 2. The van der Waals surface area contributed by atoms with Crippen molar-refractivity contribution in [1.82, 2.24) is 0 Å². The molecule has 2 rings (SSSR count). The van der Waals surface area contributed by atoms with Crippen molar-refractivity contribution < 1.29 is 0 Å². The van der Waals surface area contributed by atoms with E-state index in [4.69, 9.17) is 11.5 Å². The summed E-state index contributed by atoms with van der Waals surface area (Å²) in [7, 11) is 0. The van der Waals surface area contributed by atoms with Crippen molar-refractivity contribution in [3.8, 4) is 0 Å². The smallest absolute Gasteiger partial charge is 0.0316 e. The molecule has 2 aromatic carbocycles. The van der Waals surface area contributed by atoms with E-state index in [1.165, 1.54) is 47.9 Å². The highest BCUT2D eigenvalue weighted by Gasteiger charge is 2.01. The average Bonchev–Trinajstić information content (AvgIpc) is 2.46. The van der Waals surface area contributed by atoms with Gasteiger partial charge in [-0.2, -0.15) is 0 Å². The van der Waals surface area contributed by atoms with Crippen LogP contribution in [0.5, 0.6) is 0 Å². The van der Waals surface area contributed by atoms with Crippen LogP contribution in [0.15, 0.2) is 36.4 Å². The van der Waals surface area contributed by atoms with Crippen LogP contribution in [-0.4, -0.2) is 0 Å². The van der Waals surface area contributed by atoms with Crippen LogP contribution in [0.3, 0.4) is 0 Å². The molecular weight excluding hydrogens is 268 g/mol. The Balaban J connectivity index is 1.67. The Labute approximate surface area is 134 Å². The fraction of sp³-hybridized carbons (Fsp3) is 0.400. The molecule has 0 aliphatic rings. The Morgan fingerprint density at radius 2 is 1.05 bits per heavy atom. The molecule has 118 valence electrons. The third-order valence-electron chi connectivity index (χ3n) is 4.38. The summed E-state index contributed by atoms with van der Waals surface area (Å²) in [5.41, 5.74) is 18.8. The van der Waals surface area contributed by atoms with Crippen LogP contribution in [0.4, 0.5) is 11.4 Å². The van der Waals surface area contributed by atoms with Gasteiger partial charge >= 0.3 is 0 Å². The van der Waals surface area contributed by atoms with E-state index in [0.29, 0.717) is 0 Å². The summed E-state index contributed by atoms with van der Waals surface area (Å²) in [6.45, 7) is 4.30. The number of hydrogen-bond acceptors (Lipinski definition) is 2. The highest BCUT2D eigenvalue weighted by atomic mass is 14.5. The van der Waals surface area contributed by atoms with E-state index < -0.39 is 0 Å². The largest absolute Gasteiger partial charge is 0.399 e. The molecule has 0 aliphatic carbocycles. The molecule has 0 spiro atoms. The second-order valence-corrected chi connectivity index (χ2v) is 6.29. The van der Waals surface area contributed by atoms with Gasteiger partial charge in [0.15, 0.2) is 0 Å². The molecule has 0 aliphatic heterocycles. The van der Waals surface area contributed by atoms with Gasteiger partial charge in [0.05, 0.1) is 0 Å². The first-order chi connectivity index (χ1) is 10.6. The summed E-state index contributed by atoms with van der Waals surface area (Å²) < 4.78 is 0. The fourth-order valence-electron chi connectivity index (χ4n) is 2.98. The van der Waals surface area contributed by atoms with Crippen molar-refractivity contribution in [2.24, 2.45) is 0 Å². The number of hydrogen-bond donors (Lipinski definition) is 2. The monoisotopic (exact) mass is 296 g/mol. The first-order valence-electron chi connectivity index (χ1n) is 8.26. The molecule has 0 radical (unpaired) electrons. The lowest BCUT2D eigenvalue weighted by molar-refractivity contribution is 0.639. The predicted molar refractivity (Wildman–Crippen MR) is 97.1 cm³/mol. The minimum Gasteiger partial charge on any atom is -0.399 e. The standard InChI is InChI=1S/C20H28N2/c1-15-13-19(21)11-9-17(15)7-5-3-4-6-8-18-10-12-20(22)14-16(18)2/h9-14H,3-8,21-22H2,1-2H3. The predicted octanol–water partition coefficient (Wildman–Crippen LogP) is 4.81. The topological polar surface area (TPSA) is 52.0 Å². The maximum Gasteiger partial charge on any atom is 0.0316 e. The molecule has 0 saturated heterocycles. The zero-order chi connectivity index (χ0) is 15.9. The van der Waals surface area contributed by atoms with Crippen LogP contribution in [-0.2, 0) is 12.8 Å². The van der Waals surface area contributed by atoms with Crippen LogP contribution in [0.25, 0.3) is 0 Å². The summed E-state index contributed by atoms with van der Waals surface area (Å²) in [6, 6.07) is 12.5. The zero-order valence-electron chi connectivity index (χ0n) is 13.9. The van der Waals surface area contributed by atoms with Gasteiger partial charge in [-0.1, -0.05) is 25.0 Å². The molecule has 0 atom stereocenters. The number of anilines is 2. The van der Waals surface area contributed by atoms with E-state index in [1.54, 1.807) is 0 Å². The van der Waals surface area contributed by atoms with Gasteiger partial charge in [-0.25, -0.2) is 0 Å². The Hall–Kier alpha value is -1.96. The van der Waals surface area contributed by atoms with Crippen molar-refractivity contribution in [3.63, 3.8) is 0 Å². The van der Waals surface area contributed by atoms with Crippen LogP contribution in [0, 0.1) is 13.8 Å². The molecule has 0 bridgehead atoms. The summed E-state index contributed by atoms with van der Waals surface area (Å²) in [4.78, 5) is 0. The van der Waals surface area contributed by atoms with Crippen LogP contribution in [0.2, 0.25) is 0 Å².